The average Bonchev–Trinajstić information content (AvgIpc) is 2.56. The molecule has 128 valence electrons. The smallest absolute Gasteiger partial charge is 0.317 e. The molecule has 2 aromatic rings. The normalized spacial score (nSPS) is 11.7. The molecule has 24 heavy (non-hydrogen) atoms. The molecule has 2 rings (SSSR count). The number of ether oxygens (including phenoxy) is 1. The summed E-state index contributed by atoms with van der Waals surface area (Å²) < 4.78 is 5.39. The number of nitrogens with one attached hydrogen (secondary N) is 1. The Kier molecular flexibility index (Phi) is 6.10. The lowest BCUT2D eigenvalue weighted by Gasteiger charge is -2.23. The van der Waals surface area contributed by atoms with Crippen LogP contribution in [0.3, 0.4) is 0 Å². The molecule has 1 N–H and O–H groups in total. The molecule has 0 aromatic heterocycles. The third-order valence-electron chi connectivity index (χ3n) is 3.87. The molecule has 1 unspecified atom stereocenters. The van der Waals surface area contributed by atoms with E-state index in [2.05, 4.69) is 5.32 Å². The molecule has 4 nitrogen and oxygen atoms in total. The monoisotopic (exact) mass is 346 g/mol. The van der Waals surface area contributed by atoms with E-state index in [1.165, 1.54) is 0 Å². The van der Waals surface area contributed by atoms with E-state index >= 15 is 0 Å². The minimum Gasteiger partial charge on any atom is -0.496 e. The van der Waals surface area contributed by atoms with Crippen LogP contribution < -0.4 is 10.1 Å². The van der Waals surface area contributed by atoms with Gasteiger partial charge in [-0.2, -0.15) is 0 Å². The van der Waals surface area contributed by atoms with Gasteiger partial charge in [-0.3, -0.25) is 0 Å². The van der Waals surface area contributed by atoms with Crippen molar-refractivity contribution in [1.82, 2.24) is 10.2 Å². The van der Waals surface area contributed by atoms with E-state index in [0.29, 0.717) is 11.6 Å². The highest BCUT2D eigenvalue weighted by Crippen LogP contribution is 2.26. The molecule has 0 saturated carbocycles. The molecule has 0 aliphatic carbocycles. The fraction of sp³-hybridized carbons (Fsp3) is 0.316. The van der Waals surface area contributed by atoms with Gasteiger partial charge in [0.2, 0.25) is 0 Å². The third-order valence-corrected chi connectivity index (χ3v) is 4.12. The number of halogens is 1. The highest BCUT2D eigenvalue weighted by atomic mass is 35.5. The van der Waals surface area contributed by atoms with Gasteiger partial charge >= 0.3 is 6.03 Å². The van der Waals surface area contributed by atoms with Crippen molar-refractivity contribution in [2.75, 3.05) is 14.2 Å². The summed E-state index contributed by atoms with van der Waals surface area (Å²) in [5, 5.41) is 3.70. The highest BCUT2D eigenvalue weighted by molar-refractivity contribution is 6.30. The zero-order valence-corrected chi connectivity index (χ0v) is 15.2. The zero-order chi connectivity index (χ0) is 17.7. The largest absolute Gasteiger partial charge is 0.496 e. The Morgan fingerprint density at radius 1 is 1.25 bits per heavy atom. The molecular weight excluding hydrogens is 324 g/mol. The lowest BCUT2D eigenvalue weighted by Crippen LogP contribution is -2.38. The Bertz CT molecular complexity index is 701. The van der Waals surface area contributed by atoms with Gasteiger partial charge in [-0.15, -0.1) is 0 Å². The van der Waals surface area contributed by atoms with Gasteiger partial charge in [-0.25, -0.2) is 4.79 Å². The van der Waals surface area contributed by atoms with Gasteiger partial charge in [0.05, 0.1) is 13.2 Å². The van der Waals surface area contributed by atoms with Crippen LogP contribution in [0.15, 0.2) is 42.5 Å². The first-order chi connectivity index (χ1) is 11.4. The SMILES string of the molecule is COc1ccc(C)cc1C(C)NC(=O)N(C)Cc1ccc(Cl)cc1. The van der Waals surface area contributed by atoms with Gasteiger partial charge in [-0.1, -0.05) is 41.4 Å². The van der Waals surface area contributed by atoms with Crippen molar-refractivity contribution in [3.05, 3.63) is 64.2 Å². The van der Waals surface area contributed by atoms with E-state index in [0.717, 1.165) is 22.4 Å². The number of hydrogen-bond acceptors (Lipinski definition) is 2. The molecule has 0 spiro atoms. The average molecular weight is 347 g/mol. The van der Waals surface area contributed by atoms with Crippen LogP contribution in [0.25, 0.3) is 0 Å². The second-order valence-corrected chi connectivity index (χ2v) is 6.34. The van der Waals surface area contributed by atoms with Crippen molar-refractivity contribution in [2.24, 2.45) is 0 Å². The van der Waals surface area contributed by atoms with Gasteiger partial charge < -0.3 is 15.0 Å². The van der Waals surface area contributed by atoms with E-state index < -0.39 is 0 Å². The number of amides is 2. The summed E-state index contributed by atoms with van der Waals surface area (Å²) in [4.78, 5) is 14.1. The van der Waals surface area contributed by atoms with E-state index in [1.807, 2.05) is 56.3 Å². The van der Waals surface area contributed by atoms with Crippen molar-refractivity contribution in [3.8, 4) is 5.75 Å². The van der Waals surface area contributed by atoms with Crippen molar-refractivity contribution in [1.29, 1.82) is 0 Å². The molecule has 2 amide bonds. The van der Waals surface area contributed by atoms with Crippen LogP contribution in [-0.4, -0.2) is 25.1 Å². The van der Waals surface area contributed by atoms with Gasteiger partial charge in [0, 0.05) is 24.2 Å². The van der Waals surface area contributed by atoms with Crippen molar-refractivity contribution >= 4 is 17.6 Å². The maximum absolute atomic E-state index is 12.4. The fourth-order valence-electron chi connectivity index (χ4n) is 2.50. The summed E-state index contributed by atoms with van der Waals surface area (Å²) in [5.41, 5.74) is 3.12. The fourth-order valence-corrected chi connectivity index (χ4v) is 2.63. The maximum Gasteiger partial charge on any atom is 0.317 e. The molecule has 0 bridgehead atoms. The molecule has 0 heterocycles. The molecule has 0 radical (unpaired) electrons. The highest BCUT2D eigenvalue weighted by Gasteiger charge is 2.17. The number of hydrogen-bond donors (Lipinski definition) is 1. The second kappa shape index (κ2) is 8.06. The number of benzene rings is 2. The summed E-state index contributed by atoms with van der Waals surface area (Å²) in [6.45, 7) is 4.48. The molecule has 1 atom stereocenters. The van der Waals surface area contributed by atoms with Crippen LogP contribution in [0.4, 0.5) is 4.79 Å². The molecule has 2 aromatic carbocycles. The van der Waals surface area contributed by atoms with Crippen molar-refractivity contribution < 1.29 is 9.53 Å². The minimum absolute atomic E-state index is 0.138. The number of nitrogens with zero attached hydrogens (tertiary/aromatic N) is 1. The molecule has 0 fully saturated rings. The first-order valence-corrected chi connectivity index (χ1v) is 8.19. The van der Waals surface area contributed by atoms with Crippen LogP contribution in [-0.2, 0) is 6.54 Å². The Balaban J connectivity index is 2.02. The van der Waals surface area contributed by atoms with Gasteiger partial charge in [0.1, 0.15) is 5.75 Å². The number of aryl methyl sites for hydroxylation is 1. The van der Waals surface area contributed by atoms with Crippen molar-refractivity contribution in [3.63, 3.8) is 0 Å². The number of rotatable bonds is 5. The summed E-state index contributed by atoms with van der Waals surface area (Å²) >= 11 is 5.88. The molecule has 0 aliphatic heterocycles. The standard InChI is InChI=1S/C19H23ClN2O2/c1-13-5-10-18(24-4)17(11-13)14(2)21-19(23)22(3)12-15-6-8-16(20)9-7-15/h5-11,14H,12H2,1-4H3,(H,21,23). The summed E-state index contributed by atoms with van der Waals surface area (Å²) in [6, 6.07) is 13.1. The third kappa shape index (κ3) is 4.65. The van der Waals surface area contributed by atoms with Crippen LogP contribution in [0, 0.1) is 6.92 Å². The zero-order valence-electron chi connectivity index (χ0n) is 14.5. The predicted molar refractivity (Wildman–Crippen MR) is 97.6 cm³/mol. The second-order valence-electron chi connectivity index (χ2n) is 5.90. The summed E-state index contributed by atoms with van der Waals surface area (Å²) in [6.07, 6.45) is 0. The Morgan fingerprint density at radius 3 is 2.54 bits per heavy atom. The topological polar surface area (TPSA) is 41.6 Å². The number of carbonyl (C=O) groups excluding carboxylic acids is 1. The number of urea groups is 1. The predicted octanol–water partition coefficient (Wildman–Crippen LogP) is 4.56. The molecular formula is C19H23ClN2O2. The Morgan fingerprint density at radius 2 is 1.92 bits per heavy atom. The van der Waals surface area contributed by atoms with Crippen LogP contribution in [0.1, 0.15) is 29.7 Å². The first kappa shape index (κ1) is 18.1. The number of carbonyl (C=O) groups is 1. The van der Waals surface area contributed by atoms with E-state index in [-0.39, 0.29) is 12.1 Å². The van der Waals surface area contributed by atoms with Crippen LogP contribution in [0.2, 0.25) is 5.02 Å². The maximum atomic E-state index is 12.4. The Hall–Kier alpha value is -2.20. The lowest BCUT2D eigenvalue weighted by molar-refractivity contribution is 0.203. The Labute approximate surface area is 148 Å². The van der Waals surface area contributed by atoms with Crippen molar-refractivity contribution in [2.45, 2.75) is 26.4 Å². The number of methoxy groups -OCH3 is 1. The summed E-state index contributed by atoms with van der Waals surface area (Å²) in [5.74, 6) is 0.772. The summed E-state index contributed by atoms with van der Waals surface area (Å²) in [7, 11) is 3.40. The lowest BCUT2D eigenvalue weighted by atomic mass is 10.0. The molecule has 0 aliphatic rings. The molecule has 5 heteroatoms. The van der Waals surface area contributed by atoms with Gasteiger partial charge in [0.25, 0.3) is 0 Å². The van der Waals surface area contributed by atoms with Crippen LogP contribution >= 0.6 is 11.6 Å². The van der Waals surface area contributed by atoms with Gasteiger partial charge in [-0.05, 0) is 37.6 Å². The van der Waals surface area contributed by atoms with E-state index in [4.69, 9.17) is 16.3 Å². The molecule has 0 saturated heterocycles. The van der Waals surface area contributed by atoms with E-state index in [1.54, 1.807) is 19.1 Å². The quantitative estimate of drug-likeness (QED) is 0.862. The minimum atomic E-state index is -0.153. The first-order valence-electron chi connectivity index (χ1n) is 7.81. The van der Waals surface area contributed by atoms with E-state index in [9.17, 15) is 4.79 Å². The van der Waals surface area contributed by atoms with Crippen LogP contribution in [0.5, 0.6) is 5.75 Å². The van der Waals surface area contributed by atoms with Gasteiger partial charge in [0.15, 0.2) is 0 Å².